The molecule has 2 atom stereocenters. The van der Waals surface area contributed by atoms with Crippen LogP contribution in [0.1, 0.15) is 36.5 Å². The summed E-state index contributed by atoms with van der Waals surface area (Å²) >= 11 is 1.65. The van der Waals surface area contributed by atoms with Gasteiger partial charge in [0.15, 0.2) is 0 Å². The molecule has 1 saturated heterocycles. The van der Waals surface area contributed by atoms with Gasteiger partial charge in [-0.25, -0.2) is 9.78 Å². The van der Waals surface area contributed by atoms with E-state index in [1.807, 2.05) is 24.1 Å². The first kappa shape index (κ1) is 13.8. The molecular weight excluding hydrogens is 274 g/mol. The largest absolute Gasteiger partial charge is 0.375 e. The van der Waals surface area contributed by atoms with Gasteiger partial charge in [0.2, 0.25) is 0 Å². The molecule has 2 unspecified atom stereocenters. The van der Waals surface area contributed by atoms with Gasteiger partial charge in [-0.1, -0.05) is 0 Å². The van der Waals surface area contributed by atoms with Gasteiger partial charge in [-0.15, -0.1) is 11.3 Å². The van der Waals surface area contributed by atoms with E-state index in [4.69, 9.17) is 4.74 Å². The molecular formula is C14H21N3O2S. The van der Waals surface area contributed by atoms with Crippen LogP contribution in [0.15, 0.2) is 5.38 Å². The molecule has 1 aliphatic heterocycles. The fourth-order valence-corrected chi connectivity index (χ4v) is 3.49. The van der Waals surface area contributed by atoms with Crippen molar-refractivity contribution in [2.45, 2.75) is 38.8 Å². The molecule has 20 heavy (non-hydrogen) atoms. The maximum atomic E-state index is 12.4. The van der Waals surface area contributed by atoms with Crippen LogP contribution in [0.5, 0.6) is 0 Å². The third kappa shape index (κ3) is 3.12. The molecule has 110 valence electrons. The number of ether oxygens (including phenoxy) is 1. The molecule has 3 rings (SSSR count). The Morgan fingerprint density at radius 2 is 2.40 bits per heavy atom. The number of hydrogen-bond donors (Lipinski definition) is 1. The van der Waals surface area contributed by atoms with Gasteiger partial charge in [0.05, 0.1) is 18.8 Å². The zero-order valence-electron chi connectivity index (χ0n) is 12.0. The number of aryl methyl sites for hydroxylation is 1. The third-order valence-corrected chi connectivity index (χ3v) is 4.85. The maximum absolute atomic E-state index is 12.4. The molecule has 1 aliphatic carbocycles. The van der Waals surface area contributed by atoms with Crippen LogP contribution in [-0.4, -0.2) is 41.7 Å². The van der Waals surface area contributed by atoms with Crippen molar-refractivity contribution in [2.24, 2.45) is 5.92 Å². The van der Waals surface area contributed by atoms with Gasteiger partial charge in [-0.2, -0.15) is 0 Å². The zero-order chi connectivity index (χ0) is 14.1. The van der Waals surface area contributed by atoms with E-state index in [1.54, 1.807) is 11.3 Å². The molecule has 2 heterocycles. The topological polar surface area (TPSA) is 54.5 Å². The Kier molecular flexibility index (Phi) is 3.94. The van der Waals surface area contributed by atoms with Gasteiger partial charge in [-0.05, 0) is 32.6 Å². The van der Waals surface area contributed by atoms with Gasteiger partial charge in [-0.3, -0.25) is 0 Å². The van der Waals surface area contributed by atoms with Crippen molar-refractivity contribution >= 4 is 17.4 Å². The predicted octanol–water partition coefficient (Wildman–Crippen LogP) is 2.33. The minimum Gasteiger partial charge on any atom is -0.375 e. The fraction of sp³-hybridized carbons (Fsp3) is 0.714. The lowest BCUT2D eigenvalue weighted by atomic mass is 10.2. The van der Waals surface area contributed by atoms with E-state index < -0.39 is 0 Å². The quantitative estimate of drug-likeness (QED) is 0.931. The van der Waals surface area contributed by atoms with Crippen LogP contribution in [-0.2, 0) is 4.74 Å². The van der Waals surface area contributed by atoms with Crippen molar-refractivity contribution in [3.05, 3.63) is 16.1 Å². The zero-order valence-corrected chi connectivity index (χ0v) is 12.8. The predicted molar refractivity (Wildman–Crippen MR) is 77.8 cm³/mol. The van der Waals surface area contributed by atoms with Crippen LogP contribution < -0.4 is 5.32 Å². The SMILES string of the molecule is Cc1csc(C(NC(=O)N2CCOC(C)C2)C2CC2)n1. The second kappa shape index (κ2) is 5.69. The van der Waals surface area contributed by atoms with Gasteiger partial charge >= 0.3 is 6.03 Å². The Morgan fingerprint density at radius 3 is 3.00 bits per heavy atom. The van der Waals surface area contributed by atoms with E-state index in [0.29, 0.717) is 25.6 Å². The summed E-state index contributed by atoms with van der Waals surface area (Å²) in [5, 5.41) is 6.27. The van der Waals surface area contributed by atoms with E-state index >= 15 is 0 Å². The van der Waals surface area contributed by atoms with Crippen LogP contribution in [0.25, 0.3) is 0 Å². The van der Waals surface area contributed by atoms with Gasteiger partial charge in [0.1, 0.15) is 5.01 Å². The summed E-state index contributed by atoms with van der Waals surface area (Å²) in [6.07, 6.45) is 2.49. The van der Waals surface area contributed by atoms with E-state index in [1.165, 1.54) is 12.8 Å². The molecule has 1 aromatic rings. The number of nitrogens with zero attached hydrogens (tertiary/aromatic N) is 2. The Balaban J connectivity index is 1.65. The summed E-state index contributed by atoms with van der Waals surface area (Å²) in [4.78, 5) is 18.8. The fourth-order valence-electron chi connectivity index (χ4n) is 2.55. The Morgan fingerprint density at radius 1 is 1.60 bits per heavy atom. The molecule has 0 spiro atoms. The summed E-state index contributed by atoms with van der Waals surface area (Å²) in [6.45, 7) is 5.96. The molecule has 6 heteroatoms. The molecule has 1 saturated carbocycles. The van der Waals surface area contributed by atoms with Crippen LogP contribution in [0, 0.1) is 12.8 Å². The van der Waals surface area contributed by atoms with E-state index in [0.717, 1.165) is 10.7 Å². The molecule has 0 bridgehead atoms. The van der Waals surface area contributed by atoms with Gasteiger partial charge in [0.25, 0.3) is 0 Å². The number of aromatic nitrogens is 1. The lowest BCUT2D eigenvalue weighted by Crippen LogP contribution is -2.49. The van der Waals surface area contributed by atoms with Crippen molar-refractivity contribution < 1.29 is 9.53 Å². The van der Waals surface area contributed by atoms with Crippen molar-refractivity contribution in [1.29, 1.82) is 0 Å². The number of carbonyl (C=O) groups is 1. The first-order valence-electron chi connectivity index (χ1n) is 7.22. The average molecular weight is 295 g/mol. The molecule has 0 aromatic carbocycles. The minimum atomic E-state index is 0.0184. The Hall–Kier alpha value is -1.14. The van der Waals surface area contributed by atoms with Crippen LogP contribution in [0.3, 0.4) is 0 Å². The highest BCUT2D eigenvalue weighted by atomic mass is 32.1. The molecule has 1 N–H and O–H groups in total. The lowest BCUT2D eigenvalue weighted by molar-refractivity contribution is -0.00398. The van der Waals surface area contributed by atoms with Crippen molar-refractivity contribution in [3.8, 4) is 0 Å². The van der Waals surface area contributed by atoms with Crippen LogP contribution in [0.2, 0.25) is 0 Å². The number of thiazole rings is 1. The van der Waals surface area contributed by atoms with Gasteiger partial charge < -0.3 is 15.0 Å². The Bertz CT molecular complexity index is 487. The second-order valence-electron chi connectivity index (χ2n) is 5.72. The average Bonchev–Trinajstić information content (AvgIpc) is 3.18. The number of hydrogen-bond acceptors (Lipinski definition) is 4. The van der Waals surface area contributed by atoms with Crippen molar-refractivity contribution in [1.82, 2.24) is 15.2 Å². The highest BCUT2D eigenvalue weighted by Gasteiger charge is 2.36. The highest BCUT2D eigenvalue weighted by molar-refractivity contribution is 7.09. The van der Waals surface area contributed by atoms with Crippen LogP contribution in [0.4, 0.5) is 4.79 Å². The summed E-state index contributed by atoms with van der Waals surface area (Å²) < 4.78 is 5.48. The molecule has 1 aromatic heterocycles. The summed E-state index contributed by atoms with van der Waals surface area (Å²) in [5.74, 6) is 0.558. The summed E-state index contributed by atoms with van der Waals surface area (Å²) in [6, 6.07) is 0.101. The van der Waals surface area contributed by atoms with Crippen molar-refractivity contribution in [3.63, 3.8) is 0 Å². The number of morpholine rings is 1. The summed E-state index contributed by atoms with van der Waals surface area (Å²) in [5.41, 5.74) is 1.03. The number of urea groups is 1. The first-order chi connectivity index (χ1) is 9.63. The number of nitrogens with one attached hydrogen (secondary N) is 1. The third-order valence-electron chi connectivity index (χ3n) is 3.80. The Labute approximate surface area is 123 Å². The van der Waals surface area contributed by atoms with E-state index in [2.05, 4.69) is 10.3 Å². The summed E-state index contributed by atoms with van der Waals surface area (Å²) in [7, 11) is 0. The molecule has 2 fully saturated rings. The smallest absolute Gasteiger partial charge is 0.318 e. The molecule has 2 amide bonds. The number of rotatable bonds is 3. The van der Waals surface area contributed by atoms with Gasteiger partial charge in [0, 0.05) is 24.2 Å². The van der Waals surface area contributed by atoms with E-state index in [9.17, 15) is 4.79 Å². The minimum absolute atomic E-state index is 0.0184. The standard InChI is InChI=1S/C14H21N3O2S/c1-9-8-20-13(15-9)12(11-3-4-11)16-14(18)17-5-6-19-10(2)7-17/h8,10-12H,3-7H2,1-2H3,(H,16,18). The normalized spacial score (nSPS) is 24.5. The highest BCUT2D eigenvalue weighted by Crippen LogP contribution is 2.41. The molecule has 5 nitrogen and oxygen atoms in total. The molecule has 2 aliphatic rings. The van der Waals surface area contributed by atoms with E-state index in [-0.39, 0.29) is 18.2 Å². The number of carbonyl (C=O) groups excluding carboxylic acids is 1. The second-order valence-corrected chi connectivity index (χ2v) is 6.61. The monoisotopic (exact) mass is 295 g/mol. The first-order valence-corrected chi connectivity index (χ1v) is 8.10. The van der Waals surface area contributed by atoms with Crippen LogP contribution >= 0.6 is 11.3 Å². The maximum Gasteiger partial charge on any atom is 0.318 e. The van der Waals surface area contributed by atoms with Crippen molar-refractivity contribution in [2.75, 3.05) is 19.7 Å². The number of amides is 2. The molecule has 0 radical (unpaired) electrons. The lowest BCUT2D eigenvalue weighted by Gasteiger charge is -2.32.